The van der Waals surface area contributed by atoms with E-state index < -0.39 is 10.0 Å². The van der Waals surface area contributed by atoms with E-state index >= 15 is 0 Å². The van der Waals surface area contributed by atoms with Gasteiger partial charge in [-0.05, 0) is 43.5 Å². The van der Waals surface area contributed by atoms with Crippen LogP contribution in [0.4, 0.5) is 0 Å². The van der Waals surface area contributed by atoms with E-state index in [9.17, 15) is 8.42 Å². The molecule has 0 aliphatic carbocycles. The molecule has 6 heteroatoms. The summed E-state index contributed by atoms with van der Waals surface area (Å²) in [7, 11) is -2.22. The first-order valence-corrected chi connectivity index (χ1v) is 9.17. The normalized spacial score (nSPS) is 11.4. The van der Waals surface area contributed by atoms with Crippen molar-refractivity contribution in [2.24, 2.45) is 0 Å². The molecule has 2 rings (SSSR count). The van der Waals surface area contributed by atoms with Crippen molar-refractivity contribution in [1.82, 2.24) is 4.72 Å². The van der Waals surface area contributed by atoms with Crippen LogP contribution in [0.5, 0.6) is 5.75 Å². The lowest BCUT2D eigenvalue weighted by molar-refractivity contribution is 0.402. The van der Waals surface area contributed by atoms with Gasteiger partial charge in [-0.25, -0.2) is 13.1 Å². The van der Waals surface area contributed by atoms with Crippen molar-refractivity contribution in [3.05, 3.63) is 58.6 Å². The molecule has 23 heavy (non-hydrogen) atoms. The number of benzene rings is 2. The fourth-order valence-electron chi connectivity index (χ4n) is 2.30. The molecule has 2 aromatic carbocycles. The van der Waals surface area contributed by atoms with E-state index in [1.165, 1.54) is 24.3 Å². The van der Waals surface area contributed by atoms with Crippen molar-refractivity contribution in [2.45, 2.75) is 24.7 Å². The molecular weight excluding hydrogens is 334 g/mol. The molecule has 0 spiro atoms. The molecule has 2 aromatic rings. The summed E-state index contributed by atoms with van der Waals surface area (Å²) in [6.07, 6.45) is 1.53. The standard InChI is InChI=1S/C17H20ClNO3S/c1-13-5-3-6-14(11-13)7-4-10-19-23(20,21)17-12-15(18)8-9-16(17)22-2/h3,5-6,8-9,11-12,19H,4,7,10H2,1-2H3. The van der Waals surface area contributed by atoms with E-state index in [1.807, 2.05) is 25.1 Å². The minimum Gasteiger partial charge on any atom is -0.495 e. The minimum absolute atomic E-state index is 0.0584. The van der Waals surface area contributed by atoms with Crippen molar-refractivity contribution in [3.63, 3.8) is 0 Å². The van der Waals surface area contributed by atoms with Crippen LogP contribution in [0.1, 0.15) is 17.5 Å². The molecule has 0 fully saturated rings. The van der Waals surface area contributed by atoms with E-state index in [2.05, 4.69) is 10.8 Å². The smallest absolute Gasteiger partial charge is 0.244 e. The zero-order valence-electron chi connectivity index (χ0n) is 13.2. The third-order valence-electron chi connectivity index (χ3n) is 3.43. The first-order valence-electron chi connectivity index (χ1n) is 7.31. The summed E-state index contributed by atoms with van der Waals surface area (Å²) in [4.78, 5) is 0.0584. The average molecular weight is 354 g/mol. The Morgan fingerprint density at radius 2 is 1.96 bits per heavy atom. The van der Waals surface area contributed by atoms with Gasteiger partial charge in [-0.3, -0.25) is 0 Å². The SMILES string of the molecule is COc1ccc(Cl)cc1S(=O)(=O)NCCCc1cccc(C)c1. The Bertz CT molecular complexity index is 775. The Hall–Kier alpha value is -1.56. The number of hydrogen-bond acceptors (Lipinski definition) is 3. The Kier molecular flexibility index (Phi) is 6.04. The molecule has 0 radical (unpaired) electrons. The summed E-state index contributed by atoms with van der Waals surface area (Å²) in [5, 5.41) is 0.353. The van der Waals surface area contributed by atoms with Crippen LogP contribution in [0.15, 0.2) is 47.4 Å². The highest BCUT2D eigenvalue weighted by Crippen LogP contribution is 2.26. The number of ether oxygens (including phenoxy) is 1. The Balaban J connectivity index is 1.98. The molecule has 0 atom stereocenters. The monoisotopic (exact) mass is 353 g/mol. The van der Waals surface area contributed by atoms with Crippen molar-refractivity contribution < 1.29 is 13.2 Å². The number of nitrogens with one attached hydrogen (secondary N) is 1. The van der Waals surface area contributed by atoms with Crippen molar-refractivity contribution in [3.8, 4) is 5.75 Å². The van der Waals surface area contributed by atoms with Gasteiger partial charge in [-0.2, -0.15) is 0 Å². The zero-order valence-corrected chi connectivity index (χ0v) is 14.7. The van der Waals surface area contributed by atoms with Crippen LogP contribution in [0.3, 0.4) is 0 Å². The van der Waals surface area contributed by atoms with Gasteiger partial charge in [-0.1, -0.05) is 41.4 Å². The molecule has 0 aromatic heterocycles. The van der Waals surface area contributed by atoms with Gasteiger partial charge in [0.1, 0.15) is 10.6 Å². The molecule has 0 unspecified atom stereocenters. The van der Waals surface area contributed by atoms with Gasteiger partial charge in [-0.15, -0.1) is 0 Å². The van der Waals surface area contributed by atoms with E-state index in [1.54, 1.807) is 12.1 Å². The molecule has 0 aliphatic heterocycles. The van der Waals surface area contributed by atoms with Gasteiger partial charge in [0.25, 0.3) is 0 Å². The van der Waals surface area contributed by atoms with Gasteiger partial charge < -0.3 is 4.74 Å². The predicted molar refractivity (Wildman–Crippen MR) is 92.7 cm³/mol. The van der Waals surface area contributed by atoms with E-state index in [4.69, 9.17) is 16.3 Å². The van der Waals surface area contributed by atoms with Crippen LogP contribution in [0, 0.1) is 6.92 Å². The molecule has 4 nitrogen and oxygen atoms in total. The molecule has 0 bridgehead atoms. The molecule has 124 valence electrons. The predicted octanol–water partition coefficient (Wildman–Crippen LogP) is 3.57. The summed E-state index contributed by atoms with van der Waals surface area (Å²) in [6, 6.07) is 12.7. The summed E-state index contributed by atoms with van der Waals surface area (Å²) < 4.78 is 32.5. The maximum Gasteiger partial charge on any atom is 0.244 e. The quantitative estimate of drug-likeness (QED) is 0.774. The van der Waals surface area contributed by atoms with Crippen molar-refractivity contribution in [1.29, 1.82) is 0 Å². The summed E-state index contributed by atoms with van der Waals surface area (Å²) in [5.74, 6) is 0.278. The molecule has 0 heterocycles. The summed E-state index contributed by atoms with van der Waals surface area (Å²) in [6.45, 7) is 2.39. The molecule has 0 aliphatic rings. The summed E-state index contributed by atoms with van der Waals surface area (Å²) >= 11 is 5.89. The number of sulfonamides is 1. The highest BCUT2D eigenvalue weighted by atomic mass is 35.5. The lowest BCUT2D eigenvalue weighted by atomic mass is 10.1. The number of hydrogen-bond donors (Lipinski definition) is 1. The molecule has 1 N–H and O–H groups in total. The number of methoxy groups -OCH3 is 1. The molecule has 0 saturated heterocycles. The van der Waals surface area contributed by atoms with Crippen molar-refractivity contribution in [2.75, 3.05) is 13.7 Å². The van der Waals surface area contributed by atoms with Crippen LogP contribution in [0.25, 0.3) is 0 Å². The van der Waals surface area contributed by atoms with Gasteiger partial charge >= 0.3 is 0 Å². The molecular formula is C17H20ClNO3S. The second kappa shape index (κ2) is 7.81. The number of rotatable bonds is 7. The average Bonchev–Trinajstić information content (AvgIpc) is 2.52. The topological polar surface area (TPSA) is 55.4 Å². The van der Waals surface area contributed by atoms with Gasteiger partial charge in [0.2, 0.25) is 10.0 Å². The lowest BCUT2D eigenvalue weighted by Crippen LogP contribution is -2.25. The maximum atomic E-state index is 12.4. The van der Waals surface area contributed by atoms with Crippen LogP contribution < -0.4 is 9.46 Å². The third-order valence-corrected chi connectivity index (χ3v) is 5.15. The maximum absolute atomic E-state index is 12.4. The Morgan fingerprint density at radius 3 is 2.65 bits per heavy atom. The van der Waals surface area contributed by atoms with Crippen LogP contribution in [-0.2, 0) is 16.4 Å². The van der Waals surface area contributed by atoms with E-state index in [-0.39, 0.29) is 10.6 Å². The Labute approximate surface area is 142 Å². The van der Waals surface area contributed by atoms with Crippen LogP contribution in [-0.4, -0.2) is 22.1 Å². The summed E-state index contributed by atoms with van der Waals surface area (Å²) in [5.41, 5.74) is 2.40. The highest BCUT2D eigenvalue weighted by molar-refractivity contribution is 7.89. The van der Waals surface area contributed by atoms with Gasteiger partial charge in [0.05, 0.1) is 7.11 Å². The highest BCUT2D eigenvalue weighted by Gasteiger charge is 2.19. The fraction of sp³-hybridized carbons (Fsp3) is 0.294. The lowest BCUT2D eigenvalue weighted by Gasteiger charge is -2.11. The van der Waals surface area contributed by atoms with E-state index in [0.29, 0.717) is 18.0 Å². The largest absolute Gasteiger partial charge is 0.495 e. The number of halogens is 1. The molecule has 0 amide bonds. The van der Waals surface area contributed by atoms with Crippen LogP contribution >= 0.6 is 11.6 Å². The third kappa shape index (κ3) is 4.96. The van der Waals surface area contributed by atoms with E-state index in [0.717, 1.165) is 6.42 Å². The molecule has 0 saturated carbocycles. The second-order valence-electron chi connectivity index (χ2n) is 5.29. The van der Waals surface area contributed by atoms with Crippen molar-refractivity contribution >= 4 is 21.6 Å². The first-order chi connectivity index (χ1) is 10.9. The Morgan fingerprint density at radius 1 is 1.17 bits per heavy atom. The first kappa shape index (κ1) is 17.8. The zero-order chi connectivity index (χ0) is 16.9. The minimum atomic E-state index is -3.65. The second-order valence-corrected chi connectivity index (χ2v) is 7.46. The van der Waals surface area contributed by atoms with Gasteiger partial charge in [0.15, 0.2) is 0 Å². The van der Waals surface area contributed by atoms with Gasteiger partial charge in [0, 0.05) is 11.6 Å². The fourth-order valence-corrected chi connectivity index (χ4v) is 3.81. The number of aryl methyl sites for hydroxylation is 2. The van der Waals surface area contributed by atoms with Crippen LogP contribution in [0.2, 0.25) is 5.02 Å².